The molecule has 13 nitrogen and oxygen atoms in total. The molecule has 2 unspecified atom stereocenters. The fraction of sp³-hybridized carbons (Fsp3) is 0.600. The van der Waals surface area contributed by atoms with Gasteiger partial charge in [0.25, 0.3) is 5.91 Å². The lowest BCUT2D eigenvalue weighted by Crippen LogP contribution is -2.61. The number of hydrogen-bond donors (Lipinski definition) is 5. The van der Waals surface area contributed by atoms with Gasteiger partial charge in [-0.25, -0.2) is 9.59 Å². The number of nitrogens with one attached hydrogen (secondary N) is 5. The summed E-state index contributed by atoms with van der Waals surface area (Å²) in [6.07, 6.45) is 6.03. The average molecular weight is 737 g/mol. The number of amides is 6. The van der Waals surface area contributed by atoms with Crippen molar-refractivity contribution in [2.24, 2.45) is 17.3 Å². The van der Waals surface area contributed by atoms with Crippen molar-refractivity contribution in [1.82, 2.24) is 31.5 Å². The van der Waals surface area contributed by atoms with Crippen molar-refractivity contribution in [3.8, 4) is 0 Å². The van der Waals surface area contributed by atoms with Crippen LogP contribution in [0.2, 0.25) is 0 Å². The molecule has 0 aromatic heterocycles. The van der Waals surface area contributed by atoms with Gasteiger partial charge in [0.05, 0.1) is 12.1 Å². The molecule has 1 heterocycles. The van der Waals surface area contributed by atoms with E-state index >= 15 is 0 Å². The minimum atomic E-state index is -1.07. The summed E-state index contributed by atoms with van der Waals surface area (Å²) in [5.41, 5.74) is 2.64. The molecule has 5 N–H and O–H groups in total. The second kappa shape index (κ2) is 20.0. The van der Waals surface area contributed by atoms with Crippen LogP contribution in [0.1, 0.15) is 85.3 Å². The van der Waals surface area contributed by atoms with Gasteiger partial charge >= 0.3 is 12.1 Å². The van der Waals surface area contributed by atoms with Crippen LogP contribution in [0.4, 0.5) is 9.59 Å². The predicted octanol–water partition coefficient (Wildman–Crippen LogP) is 3.96. The summed E-state index contributed by atoms with van der Waals surface area (Å²) < 4.78 is 5.37. The number of hydrogen-bond acceptors (Lipinski definition) is 7. The molecule has 1 aliphatic heterocycles. The van der Waals surface area contributed by atoms with Crippen LogP contribution in [0, 0.1) is 17.3 Å². The van der Waals surface area contributed by atoms with E-state index in [2.05, 4.69) is 33.2 Å². The molecule has 13 heteroatoms. The van der Waals surface area contributed by atoms with Crippen molar-refractivity contribution in [2.45, 2.75) is 111 Å². The Morgan fingerprint density at radius 2 is 1.64 bits per heavy atom. The van der Waals surface area contributed by atoms with E-state index in [4.69, 9.17) is 4.74 Å². The lowest BCUT2D eigenvalue weighted by Gasteiger charge is -2.35. The number of allylic oxidation sites excluding steroid dienone is 1. The molecular weight excluding hydrogens is 676 g/mol. The van der Waals surface area contributed by atoms with Gasteiger partial charge < -0.3 is 36.2 Å². The second-order valence-electron chi connectivity index (χ2n) is 15.3. The molecule has 0 spiro atoms. The molecule has 1 saturated heterocycles. The van der Waals surface area contributed by atoms with Gasteiger partial charge in [0.1, 0.15) is 18.7 Å². The van der Waals surface area contributed by atoms with E-state index in [0.29, 0.717) is 32.2 Å². The smallest absolute Gasteiger partial charge is 0.407 e. The van der Waals surface area contributed by atoms with Crippen molar-refractivity contribution < 1.29 is 33.5 Å². The van der Waals surface area contributed by atoms with E-state index in [1.165, 1.54) is 11.0 Å². The molecule has 1 fully saturated rings. The van der Waals surface area contributed by atoms with Crippen molar-refractivity contribution in [2.75, 3.05) is 26.2 Å². The molecule has 3 rings (SSSR count). The third kappa shape index (κ3) is 12.2. The molecule has 6 amide bonds. The number of urea groups is 1. The topological polar surface area (TPSA) is 175 Å². The zero-order valence-electron chi connectivity index (χ0n) is 32.5. The van der Waals surface area contributed by atoms with Gasteiger partial charge in [-0.3, -0.25) is 19.2 Å². The van der Waals surface area contributed by atoms with E-state index in [-0.39, 0.29) is 38.0 Å². The van der Waals surface area contributed by atoms with Crippen LogP contribution >= 0.6 is 0 Å². The van der Waals surface area contributed by atoms with E-state index in [0.717, 1.165) is 23.1 Å². The van der Waals surface area contributed by atoms with Crippen LogP contribution < -0.4 is 26.6 Å². The third-order valence-corrected chi connectivity index (χ3v) is 9.81. The number of ether oxygens (including phenoxy) is 1. The summed E-state index contributed by atoms with van der Waals surface area (Å²) in [5.74, 6) is -3.16. The summed E-state index contributed by atoms with van der Waals surface area (Å²) >= 11 is 0. The molecule has 53 heavy (non-hydrogen) atoms. The van der Waals surface area contributed by atoms with Gasteiger partial charge in [0, 0.05) is 25.6 Å². The summed E-state index contributed by atoms with van der Waals surface area (Å²) in [6.45, 7) is 17.5. The number of likely N-dealkylation sites (tertiary alicyclic amines) is 1. The number of carbonyl (C=O) groups excluding carboxylic acids is 6. The predicted molar refractivity (Wildman–Crippen MR) is 204 cm³/mol. The monoisotopic (exact) mass is 736 g/mol. The van der Waals surface area contributed by atoms with Crippen LogP contribution in [-0.2, 0) is 36.8 Å². The van der Waals surface area contributed by atoms with Gasteiger partial charge in [-0.1, -0.05) is 82.5 Å². The molecule has 1 aromatic carbocycles. The van der Waals surface area contributed by atoms with Gasteiger partial charge in [0.15, 0.2) is 0 Å². The van der Waals surface area contributed by atoms with E-state index in [9.17, 15) is 28.8 Å². The first kappa shape index (κ1) is 42.7. The Morgan fingerprint density at radius 1 is 0.981 bits per heavy atom. The van der Waals surface area contributed by atoms with E-state index < -0.39 is 65.2 Å². The van der Waals surface area contributed by atoms with Crippen LogP contribution in [-0.4, -0.2) is 90.9 Å². The fourth-order valence-electron chi connectivity index (χ4n) is 6.94. The summed E-state index contributed by atoms with van der Waals surface area (Å²) in [7, 11) is 0. The second-order valence-corrected chi connectivity index (χ2v) is 15.3. The number of fused-ring (bicyclic) bond motifs is 1. The van der Waals surface area contributed by atoms with Crippen LogP contribution in [0.3, 0.4) is 0 Å². The summed E-state index contributed by atoms with van der Waals surface area (Å²) in [6, 6.07) is 3.67. The van der Waals surface area contributed by atoms with Gasteiger partial charge in [0.2, 0.25) is 17.6 Å². The van der Waals surface area contributed by atoms with Crippen LogP contribution in [0.25, 0.3) is 0 Å². The minimum absolute atomic E-state index is 0.0848. The highest BCUT2D eigenvalue weighted by atomic mass is 16.5. The molecule has 0 bridgehead atoms. The van der Waals surface area contributed by atoms with Gasteiger partial charge in [-0.2, -0.15) is 0 Å². The largest absolute Gasteiger partial charge is 0.447 e. The molecule has 2 aliphatic rings. The first-order valence-corrected chi connectivity index (χ1v) is 18.8. The maximum atomic E-state index is 14.8. The molecule has 292 valence electrons. The Kier molecular flexibility index (Phi) is 16.1. The number of unbranched alkanes of at least 4 members (excludes halogenated alkanes) is 1. The van der Waals surface area contributed by atoms with Crippen molar-refractivity contribution in [3.05, 3.63) is 59.7 Å². The Labute approximate surface area is 314 Å². The zero-order valence-corrected chi connectivity index (χ0v) is 32.5. The molecular formula is C40H60N6O7. The quantitative estimate of drug-likeness (QED) is 0.119. The normalized spacial score (nSPS) is 18.4. The number of benzene rings is 1. The molecule has 1 aromatic rings. The highest BCUT2D eigenvalue weighted by molar-refractivity contribution is 6.38. The third-order valence-electron chi connectivity index (χ3n) is 9.81. The summed E-state index contributed by atoms with van der Waals surface area (Å²) in [5, 5.41) is 13.8. The van der Waals surface area contributed by atoms with E-state index in [1.54, 1.807) is 6.92 Å². The number of nitrogens with zero attached hydrogens (tertiary/aromatic N) is 1. The van der Waals surface area contributed by atoms with Crippen molar-refractivity contribution >= 4 is 35.6 Å². The number of Topliss-reactive ketones (excluding diaryl/α,β-unsaturated/α-hetero) is 1. The van der Waals surface area contributed by atoms with Crippen LogP contribution in [0.5, 0.6) is 0 Å². The highest BCUT2D eigenvalue weighted by Gasteiger charge is 2.46. The highest BCUT2D eigenvalue weighted by Crippen LogP contribution is 2.33. The van der Waals surface area contributed by atoms with E-state index in [1.807, 2.05) is 71.9 Å². The lowest BCUT2D eigenvalue weighted by molar-refractivity contribution is -0.143. The molecule has 0 radical (unpaired) electrons. The Hall–Kier alpha value is -4.68. The zero-order chi connectivity index (χ0) is 39.3. The molecule has 1 aliphatic carbocycles. The Bertz CT molecular complexity index is 1490. The Morgan fingerprint density at radius 3 is 2.21 bits per heavy atom. The maximum absolute atomic E-state index is 14.8. The van der Waals surface area contributed by atoms with Crippen LogP contribution in [0.15, 0.2) is 48.6 Å². The number of carbonyl (C=O) groups is 6. The number of ketones is 1. The van der Waals surface area contributed by atoms with Gasteiger partial charge in [-0.15, -0.1) is 6.58 Å². The Balaban J connectivity index is 1.94. The number of rotatable bonds is 17. The molecule has 0 saturated carbocycles. The van der Waals surface area contributed by atoms with Crippen molar-refractivity contribution in [1.29, 1.82) is 0 Å². The standard InChI is InChI=1S/C40H60N6O7/c1-9-12-17-30(34(47)36(49)42-19-10-2)43-35(48)33-28(21-25(4)5)18-20-46(33)37(50)32(29-22-26-15-13-14-16-27(26)23-29)45-38(51)44-31(40(6,7)8)24-53-39(52)41-11-3/h10,13-16,21,28-33H,2,9,11-12,17-20,22-24H2,1,3-8H3,(H,41,52)(H,42,49)(H,43,48)(H2,44,45,51)/t28?,30?,31-,32+,33+/m1/s1. The van der Waals surface area contributed by atoms with Gasteiger partial charge in [-0.05, 0) is 68.9 Å². The number of alkyl carbamates (subject to hydrolysis) is 1. The SMILES string of the molecule is C=CCNC(=O)C(=O)C(CCCC)NC(=O)[C@@H]1C(C=C(C)C)CCN1C(=O)[C@@H](NC(=O)N[C@H](COC(=O)NCC)C(C)(C)C)C1Cc2ccccc2C1. The maximum Gasteiger partial charge on any atom is 0.407 e. The average Bonchev–Trinajstić information content (AvgIpc) is 3.72. The summed E-state index contributed by atoms with van der Waals surface area (Å²) in [4.78, 5) is 82.4. The van der Waals surface area contributed by atoms with Crippen molar-refractivity contribution in [3.63, 3.8) is 0 Å². The lowest BCUT2D eigenvalue weighted by atomic mass is 9.87. The first-order valence-electron chi connectivity index (χ1n) is 18.8. The molecule has 5 atom stereocenters. The minimum Gasteiger partial charge on any atom is -0.447 e. The fourth-order valence-corrected chi connectivity index (χ4v) is 6.94. The first-order chi connectivity index (χ1) is 25.1.